The third kappa shape index (κ3) is 6.65. The van der Waals surface area contributed by atoms with Gasteiger partial charge in [0.15, 0.2) is 19.8 Å². The number of carboxylic acid groups (broad SMARTS) is 1. The summed E-state index contributed by atoms with van der Waals surface area (Å²) in [6.45, 7) is 0.920. The van der Waals surface area contributed by atoms with Crippen LogP contribution in [0.2, 0.25) is 0 Å². The first kappa shape index (κ1) is 30.7. The summed E-state index contributed by atoms with van der Waals surface area (Å²) in [5.41, 5.74) is 6.08. The molecule has 1 aliphatic carbocycles. The van der Waals surface area contributed by atoms with Crippen LogP contribution in [-0.4, -0.2) is 65.7 Å². The Kier molecular flexibility index (Phi) is 9.94. The highest BCUT2D eigenvalue weighted by Crippen LogP contribution is 2.41. The number of carbonyl (C=O) groups is 4. The van der Waals surface area contributed by atoms with E-state index in [0.29, 0.717) is 24.0 Å². The van der Waals surface area contributed by atoms with Crippen molar-refractivity contribution in [1.82, 2.24) is 6.15 Å². The average molecular weight is 552 g/mol. The van der Waals surface area contributed by atoms with Crippen molar-refractivity contribution in [2.75, 3.05) is 35.8 Å². The molecule has 3 aliphatic rings. The first-order valence-corrected chi connectivity index (χ1v) is 13.7. The van der Waals surface area contributed by atoms with Crippen molar-refractivity contribution in [2.24, 2.45) is 5.73 Å². The van der Waals surface area contributed by atoms with Crippen LogP contribution in [0.3, 0.4) is 0 Å². The number of nitrogens with two attached hydrogens (primary N) is 1. The van der Waals surface area contributed by atoms with Crippen molar-refractivity contribution in [2.45, 2.75) is 38.1 Å². The summed E-state index contributed by atoms with van der Waals surface area (Å²) in [6.07, 6.45) is 8.01. The van der Waals surface area contributed by atoms with E-state index in [1.165, 1.54) is 17.6 Å². The summed E-state index contributed by atoms with van der Waals surface area (Å²) in [6, 6.07) is 1.33. The van der Waals surface area contributed by atoms with Crippen molar-refractivity contribution in [1.29, 1.82) is 0 Å². The molecule has 1 aromatic rings. The number of aliphatic carboxylic acids is 1. The molecule has 2 aliphatic heterocycles. The monoisotopic (exact) mass is 552 g/mol. The third-order valence-electron chi connectivity index (χ3n) is 6.02. The Balaban J connectivity index is 0.000000362. The zero-order valence-electron chi connectivity index (χ0n) is 20.8. The van der Waals surface area contributed by atoms with Crippen molar-refractivity contribution < 1.29 is 42.9 Å². The fourth-order valence-electron chi connectivity index (χ4n) is 4.11. The van der Waals surface area contributed by atoms with Crippen molar-refractivity contribution in [3.8, 4) is 18.1 Å². The van der Waals surface area contributed by atoms with Crippen LogP contribution in [0.4, 0.5) is 15.8 Å². The second-order valence-corrected chi connectivity index (χ2v) is 11.4. The number of hydrogen-bond acceptors (Lipinski definition) is 8. The lowest BCUT2D eigenvalue weighted by atomic mass is 9.93. The van der Waals surface area contributed by atoms with Gasteiger partial charge in [-0.2, -0.15) is 0 Å². The Labute approximate surface area is 218 Å². The van der Waals surface area contributed by atoms with Crippen LogP contribution in [0.25, 0.3) is 0 Å². The molecule has 38 heavy (non-hydrogen) atoms. The van der Waals surface area contributed by atoms with Crippen LogP contribution in [0, 0.1) is 18.2 Å². The maximum Gasteiger partial charge on any atom is 0.320 e. The van der Waals surface area contributed by atoms with Gasteiger partial charge in [0.1, 0.15) is 11.8 Å². The largest absolute Gasteiger partial charge is 0.481 e. The quantitative estimate of drug-likeness (QED) is 0.229. The van der Waals surface area contributed by atoms with Gasteiger partial charge in [-0.05, 0) is 38.2 Å². The Hall–Kier alpha value is -3.56. The van der Waals surface area contributed by atoms with Crippen LogP contribution in [-0.2, 0) is 23.7 Å². The number of carboxylic acids is 1. The molecule has 206 valence electrons. The molecule has 0 bridgehead atoms. The minimum Gasteiger partial charge on any atom is -0.481 e. The third-order valence-corrected chi connectivity index (χ3v) is 7.11. The summed E-state index contributed by atoms with van der Waals surface area (Å²) in [5, 5.41) is 8.28. The number of anilines is 2. The molecule has 0 spiro atoms. The number of hydrogen-bond donors (Lipinski definition) is 4. The molecule has 2 heterocycles. The Bertz CT molecular complexity index is 1240. The summed E-state index contributed by atoms with van der Waals surface area (Å²) >= 11 is 0. The molecule has 3 amide bonds. The number of halogens is 1. The molecule has 14 heteroatoms. The normalized spacial score (nSPS) is 18.7. The van der Waals surface area contributed by atoms with Gasteiger partial charge in [0.05, 0.1) is 17.9 Å². The molecule has 0 saturated heterocycles. The predicted molar refractivity (Wildman–Crippen MR) is 137 cm³/mol. The lowest BCUT2D eigenvalue weighted by Gasteiger charge is -2.29. The molecule has 7 N–H and O–H groups in total. The molecule has 0 fully saturated rings. The van der Waals surface area contributed by atoms with E-state index >= 15 is 0 Å². The number of terminal acetylenes is 1. The van der Waals surface area contributed by atoms with Gasteiger partial charge in [0.25, 0.3) is 17.7 Å². The minimum atomic E-state index is -3.10. The SMILES string of the molecule is C#CCN1C(=O)COc2cc(F)c(N3C(=O)C4=C(CCCC4)C3=O)cc21.CP(=O)(O)CCC(N)C(=O)O.N. The molecule has 1 aromatic carbocycles. The molecule has 0 radical (unpaired) electrons. The number of nitrogens with zero attached hydrogens (tertiary/aromatic N) is 2. The fourth-order valence-corrected chi connectivity index (χ4v) is 4.86. The fraction of sp³-hybridized carbons (Fsp3) is 0.417. The second kappa shape index (κ2) is 12.3. The van der Waals surface area contributed by atoms with E-state index in [4.69, 9.17) is 26.9 Å². The number of fused-ring (bicyclic) bond motifs is 1. The number of benzene rings is 1. The van der Waals surface area contributed by atoms with Gasteiger partial charge < -0.3 is 26.6 Å². The number of carbonyl (C=O) groups excluding carboxylic acids is 3. The summed E-state index contributed by atoms with van der Waals surface area (Å²) in [5.74, 6) is -0.735. The zero-order valence-corrected chi connectivity index (χ0v) is 21.7. The van der Waals surface area contributed by atoms with E-state index in [0.717, 1.165) is 23.8 Å². The van der Waals surface area contributed by atoms with Crippen molar-refractivity contribution in [3.05, 3.63) is 29.1 Å². The van der Waals surface area contributed by atoms with Gasteiger partial charge in [0.2, 0.25) is 0 Å². The maximum atomic E-state index is 14.7. The summed E-state index contributed by atoms with van der Waals surface area (Å²) < 4.78 is 30.6. The van der Waals surface area contributed by atoms with Crippen LogP contribution in [0.1, 0.15) is 32.1 Å². The molecule has 2 unspecified atom stereocenters. The standard InChI is InChI=1S/C19H15FN2O4.C5H12NO4P.H3N/c1-2-7-21-15-9-14(13(20)8-16(15)26-10-17(21)23)22-18(24)11-5-3-4-6-12(11)19(22)25;1-11(9,10)3-2-4(6)5(7)8;/h1,8-9H,3-7,10H2;4H,2-3,6H2,1H3,(H,7,8)(H,9,10);1H3. The maximum absolute atomic E-state index is 14.7. The molecule has 2 atom stereocenters. The lowest BCUT2D eigenvalue weighted by Crippen LogP contribution is -2.39. The van der Waals surface area contributed by atoms with Crippen LogP contribution in [0.15, 0.2) is 23.3 Å². The van der Waals surface area contributed by atoms with E-state index in [1.54, 1.807) is 0 Å². The lowest BCUT2D eigenvalue weighted by molar-refractivity contribution is -0.138. The molecule has 0 aromatic heterocycles. The molecule has 4 rings (SSSR count). The van der Waals surface area contributed by atoms with E-state index in [1.807, 2.05) is 0 Å². The first-order valence-electron chi connectivity index (χ1n) is 11.4. The van der Waals surface area contributed by atoms with Gasteiger partial charge in [0, 0.05) is 30.0 Å². The highest BCUT2D eigenvalue weighted by Gasteiger charge is 2.41. The molecular weight excluding hydrogens is 522 g/mol. The molecule has 12 nitrogen and oxygen atoms in total. The second-order valence-electron chi connectivity index (χ2n) is 8.86. The van der Waals surface area contributed by atoms with Gasteiger partial charge >= 0.3 is 5.97 Å². The van der Waals surface area contributed by atoms with Gasteiger partial charge in [-0.25, -0.2) is 9.29 Å². The van der Waals surface area contributed by atoms with E-state index in [2.05, 4.69) is 5.92 Å². The van der Waals surface area contributed by atoms with Gasteiger partial charge in [-0.15, -0.1) is 6.42 Å². The van der Waals surface area contributed by atoms with E-state index < -0.39 is 37.0 Å². The van der Waals surface area contributed by atoms with Crippen molar-refractivity contribution >= 4 is 42.4 Å². The zero-order chi connectivity index (χ0) is 27.5. The average Bonchev–Trinajstić information content (AvgIpc) is 3.09. The number of ether oxygens (including phenoxy) is 1. The minimum absolute atomic E-state index is 0. The topological polar surface area (TPSA) is 203 Å². The molecule has 0 saturated carbocycles. The Morgan fingerprint density at radius 2 is 1.79 bits per heavy atom. The number of amides is 3. The van der Waals surface area contributed by atoms with Crippen LogP contribution < -0.4 is 26.4 Å². The van der Waals surface area contributed by atoms with Crippen LogP contribution in [0.5, 0.6) is 5.75 Å². The summed E-state index contributed by atoms with van der Waals surface area (Å²) in [4.78, 5) is 58.4. The summed E-state index contributed by atoms with van der Waals surface area (Å²) in [7, 11) is -3.10. The smallest absolute Gasteiger partial charge is 0.320 e. The van der Waals surface area contributed by atoms with E-state index in [-0.39, 0.29) is 54.9 Å². The van der Waals surface area contributed by atoms with Gasteiger partial charge in [-0.1, -0.05) is 5.92 Å². The van der Waals surface area contributed by atoms with Gasteiger partial charge in [-0.3, -0.25) is 28.6 Å². The predicted octanol–water partition coefficient (Wildman–Crippen LogP) is 1.78. The molecular formula is C24H30FN4O8P. The number of imide groups is 1. The highest BCUT2D eigenvalue weighted by atomic mass is 31.2. The Morgan fingerprint density at radius 3 is 2.29 bits per heavy atom. The first-order chi connectivity index (χ1) is 17.4. The van der Waals surface area contributed by atoms with Crippen molar-refractivity contribution in [3.63, 3.8) is 0 Å². The number of rotatable bonds is 6. The van der Waals surface area contributed by atoms with Crippen LogP contribution >= 0.6 is 7.37 Å². The highest BCUT2D eigenvalue weighted by molar-refractivity contribution is 7.57. The van der Waals surface area contributed by atoms with E-state index in [9.17, 15) is 28.1 Å². The Morgan fingerprint density at radius 1 is 1.21 bits per heavy atom.